The van der Waals surface area contributed by atoms with E-state index in [9.17, 15) is 0 Å². The molecule has 0 aliphatic heterocycles. The van der Waals surface area contributed by atoms with E-state index in [0.717, 1.165) is 48.9 Å². The minimum absolute atomic E-state index is 0.219. The van der Waals surface area contributed by atoms with Crippen LogP contribution in [0.4, 0.5) is 0 Å². The second-order valence-corrected chi connectivity index (χ2v) is 14.8. The third-order valence-corrected chi connectivity index (χ3v) is 12.0. The van der Waals surface area contributed by atoms with Gasteiger partial charge in [0.1, 0.15) is 0 Å². The normalized spacial score (nSPS) is 32.0. The highest BCUT2D eigenvalue weighted by Crippen LogP contribution is 2.67. The number of nitrogens with two attached hydrogens (primary N) is 3. The molecule has 4 fully saturated rings. The average Bonchev–Trinajstić information content (AvgIpc) is 3.36. The van der Waals surface area contributed by atoms with Gasteiger partial charge in [-0.3, -0.25) is 0 Å². The quantitative estimate of drug-likeness (QED) is 0.111. The molecule has 7 nitrogen and oxygen atoms in total. The predicted octanol–water partition coefficient (Wildman–Crippen LogP) is 5.97. The van der Waals surface area contributed by atoms with Gasteiger partial charge in [0.2, 0.25) is 0 Å². The van der Waals surface area contributed by atoms with E-state index in [1.807, 2.05) is 0 Å². The van der Waals surface area contributed by atoms with Crippen molar-refractivity contribution in [2.75, 3.05) is 52.5 Å². The van der Waals surface area contributed by atoms with Crippen molar-refractivity contribution in [3.63, 3.8) is 0 Å². The molecule has 0 spiro atoms. The van der Waals surface area contributed by atoms with E-state index in [1.165, 1.54) is 64.5 Å². The number of aliphatic hydroxyl groups excluding tert-OH is 3. The maximum absolute atomic E-state index is 7.99. The van der Waals surface area contributed by atoms with Crippen molar-refractivity contribution >= 4 is 0 Å². The van der Waals surface area contributed by atoms with Crippen LogP contribution in [0.2, 0.25) is 0 Å². The molecule has 7 atom stereocenters. The molecule has 0 amide bonds. The lowest BCUT2D eigenvalue weighted by Crippen LogP contribution is -2.52. The van der Waals surface area contributed by atoms with Gasteiger partial charge in [-0.05, 0) is 163 Å². The SMILES string of the molecule is CCCCCNCCCCC1CCC2C3CCC4CCCC[C@]4(C)C3CC[C@]12C.NCCCO.NCCCO.NCCCO. The number of rotatable bonds is 15. The molecule has 0 aromatic rings. The molecule has 0 bridgehead atoms. The van der Waals surface area contributed by atoms with Gasteiger partial charge in [0.05, 0.1) is 0 Å². The highest BCUT2D eigenvalue weighted by Gasteiger charge is 2.59. The van der Waals surface area contributed by atoms with Crippen molar-refractivity contribution in [2.24, 2.45) is 57.6 Å². The van der Waals surface area contributed by atoms with Crippen molar-refractivity contribution < 1.29 is 15.3 Å². The molecule has 5 unspecified atom stereocenters. The lowest BCUT2D eigenvalue weighted by atomic mass is 9.45. The Morgan fingerprint density at radius 1 is 0.614 bits per heavy atom. The van der Waals surface area contributed by atoms with Gasteiger partial charge in [0.25, 0.3) is 0 Å². The fraction of sp³-hybridized carbons (Fsp3) is 1.00. The Kier molecular flexibility index (Phi) is 23.6. The first-order valence-electron chi connectivity index (χ1n) is 19.0. The average molecular weight is 627 g/mol. The fourth-order valence-electron chi connectivity index (χ4n) is 9.42. The molecule has 4 rings (SSSR count). The monoisotopic (exact) mass is 627 g/mol. The molecule has 0 aromatic carbocycles. The molecular weight excluding hydrogens is 548 g/mol. The fourth-order valence-corrected chi connectivity index (χ4v) is 9.42. The number of hydrogen-bond donors (Lipinski definition) is 7. The van der Waals surface area contributed by atoms with Gasteiger partial charge < -0.3 is 37.8 Å². The standard InChI is InChI=1S/C28H51N.3C3H9NO/c1-4-5-9-20-29-21-10-7-12-23-14-16-25-24-15-13-22-11-6-8-18-27(22,2)26(24)17-19-28(23,25)3;3*4-2-1-3-5/h22-26,29H,4-21H2,1-3H3;3*5H,1-4H2/t22?,23?,24?,25?,26?,27-,28+;;;/m0.../s1. The van der Waals surface area contributed by atoms with Crippen LogP contribution < -0.4 is 22.5 Å². The van der Waals surface area contributed by atoms with Crippen molar-refractivity contribution in [1.82, 2.24) is 5.32 Å². The topological polar surface area (TPSA) is 151 Å². The van der Waals surface area contributed by atoms with E-state index in [4.69, 9.17) is 32.5 Å². The van der Waals surface area contributed by atoms with E-state index in [2.05, 4.69) is 26.1 Å². The van der Waals surface area contributed by atoms with Crippen LogP contribution >= 0.6 is 0 Å². The maximum Gasteiger partial charge on any atom is 0.0443 e. The van der Waals surface area contributed by atoms with Crippen LogP contribution in [0.1, 0.15) is 143 Å². The van der Waals surface area contributed by atoms with Gasteiger partial charge in [0, 0.05) is 19.8 Å². The summed E-state index contributed by atoms with van der Waals surface area (Å²) in [6, 6.07) is 0. The van der Waals surface area contributed by atoms with Gasteiger partial charge in [-0.2, -0.15) is 0 Å². The number of unbranched alkanes of at least 4 members (excludes halogenated alkanes) is 3. The molecule has 0 aromatic heterocycles. The van der Waals surface area contributed by atoms with Crippen LogP contribution in [0.15, 0.2) is 0 Å². The van der Waals surface area contributed by atoms with Gasteiger partial charge >= 0.3 is 0 Å². The highest BCUT2D eigenvalue weighted by molar-refractivity contribution is 5.08. The molecule has 4 aliphatic carbocycles. The molecule has 4 aliphatic rings. The van der Waals surface area contributed by atoms with Crippen molar-refractivity contribution in [2.45, 2.75) is 143 Å². The predicted molar refractivity (Wildman–Crippen MR) is 188 cm³/mol. The summed E-state index contributed by atoms with van der Waals surface area (Å²) in [7, 11) is 0. The zero-order valence-corrected chi connectivity index (χ0v) is 29.6. The van der Waals surface area contributed by atoms with Gasteiger partial charge in [-0.15, -0.1) is 0 Å². The van der Waals surface area contributed by atoms with Crippen molar-refractivity contribution in [3.05, 3.63) is 0 Å². The number of hydrogen-bond acceptors (Lipinski definition) is 7. The summed E-state index contributed by atoms with van der Waals surface area (Å²) in [6.07, 6.45) is 26.2. The maximum atomic E-state index is 7.99. The van der Waals surface area contributed by atoms with Gasteiger partial charge in [-0.1, -0.05) is 52.9 Å². The molecule has 10 N–H and O–H groups in total. The first-order chi connectivity index (χ1) is 21.3. The first-order valence-corrected chi connectivity index (χ1v) is 19.0. The van der Waals surface area contributed by atoms with Crippen LogP contribution in [0.25, 0.3) is 0 Å². The highest BCUT2D eigenvalue weighted by atomic mass is 16.3. The van der Waals surface area contributed by atoms with Crippen molar-refractivity contribution in [1.29, 1.82) is 0 Å². The van der Waals surface area contributed by atoms with E-state index in [0.29, 0.717) is 30.5 Å². The molecular formula is C37H78N4O3. The number of aliphatic hydroxyl groups is 3. The lowest BCUT2D eigenvalue weighted by Gasteiger charge is -2.60. The third kappa shape index (κ3) is 13.4. The molecule has 0 saturated heterocycles. The Bertz CT molecular complexity index is 650. The smallest absolute Gasteiger partial charge is 0.0443 e. The summed E-state index contributed by atoms with van der Waals surface area (Å²) in [5.41, 5.74) is 16.3. The molecule has 44 heavy (non-hydrogen) atoms. The number of fused-ring (bicyclic) bond motifs is 5. The summed E-state index contributed by atoms with van der Waals surface area (Å²) in [5.74, 6) is 5.33. The Balaban J connectivity index is 0.000000537. The Labute approximate surface area is 273 Å². The zero-order chi connectivity index (χ0) is 32.7. The van der Waals surface area contributed by atoms with Gasteiger partial charge in [0.15, 0.2) is 0 Å². The largest absolute Gasteiger partial charge is 0.396 e. The Hall–Kier alpha value is -0.280. The van der Waals surface area contributed by atoms with Crippen molar-refractivity contribution in [3.8, 4) is 0 Å². The Morgan fingerprint density at radius 3 is 1.75 bits per heavy atom. The van der Waals surface area contributed by atoms with Crippen LogP contribution in [-0.2, 0) is 0 Å². The molecule has 0 radical (unpaired) electrons. The Morgan fingerprint density at radius 2 is 1.20 bits per heavy atom. The zero-order valence-electron chi connectivity index (χ0n) is 29.6. The van der Waals surface area contributed by atoms with Crippen LogP contribution in [0.3, 0.4) is 0 Å². The van der Waals surface area contributed by atoms with Crippen LogP contribution in [0.5, 0.6) is 0 Å². The summed E-state index contributed by atoms with van der Waals surface area (Å²) in [4.78, 5) is 0. The molecule has 4 saturated carbocycles. The summed E-state index contributed by atoms with van der Waals surface area (Å²) >= 11 is 0. The lowest BCUT2D eigenvalue weighted by molar-refractivity contribution is -0.111. The molecule has 264 valence electrons. The summed E-state index contributed by atoms with van der Waals surface area (Å²) in [5, 5.41) is 27.6. The van der Waals surface area contributed by atoms with E-state index in [-0.39, 0.29) is 19.8 Å². The second-order valence-electron chi connectivity index (χ2n) is 14.8. The van der Waals surface area contributed by atoms with Crippen LogP contribution in [-0.4, -0.2) is 67.9 Å². The van der Waals surface area contributed by atoms with Crippen LogP contribution in [0, 0.1) is 40.4 Å². The number of nitrogens with one attached hydrogen (secondary N) is 1. The minimum Gasteiger partial charge on any atom is -0.396 e. The molecule has 7 heteroatoms. The van der Waals surface area contributed by atoms with E-state index < -0.39 is 0 Å². The first kappa shape index (κ1) is 41.7. The summed E-state index contributed by atoms with van der Waals surface area (Å²) in [6.45, 7) is 12.7. The van der Waals surface area contributed by atoms with E-state index in [1.54, 1.807) is 51.4 Å². The second kappa shape index (κ2) is 24.8. The minimum atomic E-state index is 0.219. The summed E-state index contributed by atoms with van der Waals surface area (Å²) < 4.78 is 0. The third-order valence-electron chi connectivity index (χ3n) is 12.0. The van der Waals surface area contributed by atoms with E-state index >= 15 is 0 Å². The molecule has 0 heterocycles. The van der Waals surface area contributed by atoms with Gasteiger partial charge in [-0.25, -0.2) is 0 Å².